The number of nitrogens with zero attached hydrogens (tertiary/aromatic N) is 3. The number of aromatic carboxylic acids is 1. The smallest absolute Gasteiger partial charge is 0.354 e. The zero-order chi connectivity index (χ0) is 24.1. The average molecular weight is 471 g/mol. The van der Waals surface area contributed by atoms with Gasteiger partial charge < -0.3 is 14.4 Å². The molecule has 35 heavy (non-hydrogen) atoms. The number of carboxylic acids is 1. The summed E-state index contributed by atoms with van der Waals surface area (Å²) in [6, 6.07) is 12.6. The van der Waals surface area contributed by atoms with E-state index in [1.54, 1.807) is 31.5 Å². The number of rotatable bonds is 4. The molecule has 0 saturated carbocycles. The summed E-state index contributed by atoms with van der Waals surface area (Å²) in [5, 5.41) is 18.7. The van der Waals surface area contributed by atoms with Gasteiger partial charge in [0.05, 0.1) is 17.2 Å². The molecular formula is C27H23FN4O3. The van der Waals surface area contributed by atoms with Crippen LogP contribution >= 0.6 is 0 Å². The number of benzene rings is 2. The molecule has 8 heteroatoms. The monoisotopic (exact) mass is 470 g/mol. The summed E-state index contributed by atoms with van der Waals surface area (Å²) in [4.78, 5) is 15.9. The molecule has 3 aromatic heterocycles. The number of hydrogen-bond acceptors (Lipinski definition) is 4. The molecule has 4 heterocycles. The van der Waals surface area contributed by atoms with Crippen molar-refractivity contribution in [3.63, 3.8) is 0 Å². The summed E-state index contributed by atoms with van der Waals surface area (Å²) in [6.07, 6.45) is 5.13. The van der Waals surface area contributed by atoms with Gasteiger partial charge in [0.15, 0.2) is 5.69 Å². The van der Waals surface area contributed by atoms with Crippen LogP contribution in [0.25, 0.3) is 38.6 Å². The van der Waals surface area contributed by atoms with Gasteiger partial charge in [-0.25, -0.2) is 14.2 Å². The lowest BCUT2D eigenvalue weighted by atomic mass is 9.90. The first-order chi connectivity index (χ1) is 17.0. The number of halogens is 1. The van der Waals surface area contributed by atoms with Crippen LogP contribution in [0.1, 0.15) is 40.5 Å². The van der Waals surface area contributed by atoms with E-state index in [0.29, 0.717) is 18.8 Å². The van der Waals surface area contributed by atoms with Gasteiger partial charge in [-0.2, -0.15) is 5.10 Å². The van der Waals surface area contributed by atoms with Crippen molar-refractivity contribution in [3.8, 4) is 16.8 Å². The van der Waals surface area contributed by atoms with E-state index >= 15 is 0 Å². The molecule has 0 aliphatic carbocycles. The highest BCUT2D eigenvalue weighted by Crippen LogP contribution is 2.44. The lowest BCUT2D eigenvalue weighted by Gasteiger charge is -2.26. The maximum atomic E-state index is 13.9. The number of aromatic nitrogens is 4. The van der Waals surface area contributed by atoms with Crippen LogP contribution in [-0.4, -0.2) is 44.0 Å². The number of ether oxygens (including phenoxy) is 1. The van der Waals surface area contributed by atoms with Gasteiger partial charge in [-0.05, 0) is 67.8 Å². The van der Waals surface area contributed by atoms with E-state index in [0.717, 1.165) is 57.2 Å². The Hall–Kier alpha value is -4.04. The molecule has 0 unspecified atom stereocenters. The lowest BCUT2D eigenvalue weighted by molar-refractivity contribution is 0.0689. The summed E-state index contributed by atoms with van der Waals surface area (Å²) in [5.74, 6) is -1.14. The van der Waals surface area contributed by atoms with Gasteiger partial charge in [0.25, 0.3) is 0 Å². The maximum Gasteiger partial charge on any atom is 0.354 e. The van der Waals surface area contributed by atoms with Crippen LogP contribution in [0.5, 0.6) is 0 Å². The van der Waals surface area contributed by atoms with E-state index in [1.165, 1.54) is 12.1 Å². The molecule has 176 valence electrons. The Balaban J connectivity index is 1.73. The highest BCUT2D eigenvalue weighted by atomic mass is 19.1. The fraction of sp³-hybridized carbons (Fsp3) is 0.222. The Morgan fingerprint density at radius 3 is 2.63 bits per heavy atom. The van der Waals surface area contributed by atoms with Gasteiger partial charge in [0.1, 0.15) is 5.82 Å². The number of carbonyl (C=O) groups is 1. The number of H-pyrrole nitrogens is 1. The number of aryl methyl sites for hydroxylation is 1. The van der Waals surface area contributed by atoms with Crippen molar-refractivity contribution in [2.75, 3.05) is 13.2 Å². The fourth-order valence-electron chi connectivity index (χ4n) is 5.21. The predicted octanol–water partition coefficient (Wildman–Crippen LogP) is 5.61. The van der Waals surface area contributed by atoms with Crippen LogP contribution in [0.15, 0.2) is 54.9 Å². The molecule has 0 atom stereocenters. The quantitative estimate of drug-likeness (QED) is 0.356. The number of pyridine rings is 1. The molecule has 0 spiro atoms. The first-order valence-corrected chi connectivity index (χ1v) is 11.6. The van der Waals surface area contributed by atoms with Gasteiger partial charge in [-0.3, -0.25) is 5.10 Å². The van der Waals surface area contributed by atoms with Crippen molar-refractivity contribution in [1.29, 1.82) is 0 Å². The second-order valence-corrected chi connectivity index (χ2v) is 8.98. The van der Waals surface area contributed by atoms with Crippen LogP contribution in [-0.2, 0) is 4.74 Å². The van der Waals surface area contributed by atoms with E-state index in [-0.39, 0.29) is 17.4 Å². The molecule has 1 saturated heterocycles. The van der Waals surface area contributed by atoms with Gasteiger partial charge in [-0.15, -0.1) is 0 Å². The summed E-state index contributed by atoms with van der Waals surface area (Å²) >= 11 is 0. The van der Waals surface area contributed by atoms with E-state index in [9.17, 15) is 14.3 Å². The Labute approximate surface area is 200 Å². The third-order valence-electron chi connectivity index (χ3n) is 6.83. The van der Waals surface area contributed by atoms with Gasteiger partial charge in [0, 0.05) is 58.6 Å². The zero-order valence-electron chi connectivity index (χ0n) is 19.1. The Kier molecular flexibility index (Phi) is 5.11. The third kappa shape index (κ3) is 3.57. The average Bonchev–Trinajstić information content (AvgIpc) is 3.45. The SMILES string of the molecule is Cc1cc(-c2c(C3CCOCC3)n(-c3ccc(F)cc3)c3cc4cn[nH]c4cc23)cnc1C(=O)O. The van der Waals surface area contributed by atoms with Crippen LogP contribution < -0.4 is 0 Å². The van der Waals surface area contributed by atoms with Crippen LogP contribution in [0.2, 0.25) is 0 Å². The van der Waals surface area contributed by atoms with Crippen molar-refractivity contribution >= 4 is 27.8 Å². The van der Waals surface area contributed by atoms with Crippen molar-refractivity contribution in [2.24, 2.45) is 0 Å². The van der Waals surface area contributed by atoms with Crippen molar-refractivity contribution < 1.29 is 19.0 Å². The van der Waals surface area contributed by atoms with Crippen LogP contribution in [0, 0.1) is 12.7 Å². The number of carboxylic acid groups (broad SMARTS) is 1. The maximum absolute atomic E-state index is 13.9. The van der Waals surface area contributed by atoms with E-state index in [1.807, 2.05) is 6.07 Å². The molecule has 1 fully saturated rings. The van der Waals surface area contributed by atoms with Gasteiger partial charge in [0.2, 0.25) is 0 Å². The van der Waals surface area contributed by atoms with Gasteiger partial charge >= 0.3 is 5.97 Å². The predicted molar refractivity (Wildman–Crippen MR) is 131 cm³/mol. The molecule has 0 radical (unpaired) electrons. The summed E-state index contributed by atoms with van der Waals surface area (Å²) in [5.41, 5.74) is 6.32. The minimum Gasteiger partial charge on any atom is -0.477 e. The first-order valence-electron chi connectivity index (χ1n) is 11.6. The molecule has 1 aliphatic heterocycles. The molecule has 0 bridgehead atoms. The van der Waals surface area contributed by atoms with E-state index < -0.39 is 5.97 Å². The molecule has 1 aliphatic rings. The van der Waals surface area contributed by atoms with E-state index in [2.05, 4.69) is 31.9 Å². The summed E-state index contributed by atoms with van der Waals surface area (Å²) in [6.45, 7) is 3.09. The Bertz CT molecular complexity index is 1580. The van der Waals surface area contributed by atoms with Crippen molar-refractivity contribution in [1.82, 2.24) is 19.7 Å². The van der Waals surface area contributed by atoms with Crippen molar-refractivity contribution in [3.05, 3.63) is 77.6 Å². The standard InChI is InChI=1S/C27H23FN4O3/c1-15-10-18(13-29-25(15)27(33)34)24-21-12-22-17(14-30-31-22)11-23(21)32(20-4-2-19(28)3-5-20)26(24)16-6-8-35-9-7-16/h2-5,10-14,16H,6-9H2,1H3,(H,30,31)(H,33,34). The minimum atomic E-state index is -1.05. The van der Waals surface area contributed by atoms with Crippen molar-refractivity contribution in [2.45, 2.75) is 25.7 Å². The Morgan fingerprint density at radius 1 is 1.14 bits per heavy atom. The molecule has 6 rings (SSSR count). The molecule has 5 aromatic rings. The minimum absolute atomic E-state index is 0.0413. The Morgan fingerprint density at radius 2 is 1.91 bits per heavy atom. The van der Waals surface area contributed by atoms with Crippen LogP contribution in [0.4, 0.5) is 4.39 Å². The molecular weight excluding hydrogens is 447 g/mol. The summed E-state index contributed by atoms with van der Waals surface area (Å²) in [7, 11) is 0. The third-order valence-corrected chi connectivity index (χ3v) is 6.83. The fourth-order valence-corrected chi connectivity index (χ4v) is 5.21. The molecule has 2 aromatic carbocycles. The molecule has 7 nitrogen and oxygen atoms in total. The molecule has 2 N–H and O–H groups in total. The number of aromatic amines is 1. The van der Waals surface area contributed by atoms with Crippen LogP contribution in [0.3, 0.4) is 0 Å². The number of hydrogen-bond donors (Lipinski definition) is 2. The van der Waals surface area contributed by atoms with E-state index in [4.69, 9.17) is 4.74 Å². The number of nitrogens with one attached hydrogen (secondary N) is 1. The summed E-state index contributed by atoms with van der Waals surface area (Å²) < 4.78 is 21.7. The highest BCUT2D eigenvalue weighted by Gasteiger charge is 2.29. The second-order valence-electron chi connectivity index (χ2n) is 8.98. The normalized spacial score (nSPS) is 14.7. The largest absolute Gasteiger partial charge is 0.477 e. The topological polar surface area (TPSA) is 93.0 Å². The van der Waals surface area contributed by atoms with Gasteiger partial charge in [-0.1, -0.05) is 0 Å². The first kappa shape index (κ1) is 21.5. The zero-order valence-corrected chi connectivity index (χ0v) is 19.1. The highest BCUT2D eigenvalue weighted by molar-refractivity contribution is 6.06. The lowest BCUT2D eigenvalue weighted by Crippen LogP contribution is -2.17. The number of fused-ring (bicyclic) bond motifs is 2. The molecule has 0 amide bonds. The second kappa shape index (κ2) is 8.32.